The zero-order chi connectivity index (χ0) is 13.7. The van der Waals surface area contributed by atoms with Gasteiger partial charge in [-0.05, 0) is 56.1 Å². The summed E-state index contributed by atoms with van der Waals surface area (Å²) in [4.78, 5) is 10.6. The lowest BCUT2D eigenvalue weighted by Crippen LogP contribution is -2.25. The first-order chi connectivity index (χ1) is 9.15. The summed E-state index contributed by atoms with van der Waals surface area (Å²) in [7, 11) is 0. The van der Waals surface area contributed by atoms with E-state index in [4.69, 9.17) is 5.73 Å². The molecule has 4 heteroatoms. The lowest BCUT2D eigenvalue weighted by Gasteiger charge is -2.24. The van der Waals surface area contributed by atoms with E-state index in [1.807, 2.05) is 6.92 Å². The molecule has 0 fully saturated rings. The molecule has 0 aliphatic heterocycles. The van der Waals surface area contributed by atoms with Crippen LogP contribution < -0.4 is 11.2 Å². The molecule has 0 aromatic heterocycles. The average Bonchev–Trinajstić information content (AvgIpc) is 2.42. The Morgan fingerprint density at radius 1 is 1.42 bits per heavy atom. The molecule has 4 nitrogen and oxygen atoms in total. The largest absolute Gasteiger partial charge is 0.350 e. The lowest BCUT2D eigenvalue weighted by molar-refractivity contribution is 0.249. The van der Waals surface area contributed by atoms with Crippen molar-refractivity contribution in [3.63, 3.8) is 0 Å². The number of rotatable bonds is 4. The zero-order valence-corrected chi connectivity index (χ0v) is 11.4. The van der Waals surface area contributed by atoms with Gasteiger partial charge in [-0.15, -0.1) is 0 Å². The Kier molecular flexibility index (Phi) is 4.55. The summed E-state index contributed by atoms with van der Waals surface area (Å²) in [5.41, 5.74) is 11.2. The molecule has 19 heavy (non-hydrogen) atoms. The second-order valence-electron chi connectivity index (χ2n) is 5.24. The number of hydrogen-bond donors (Lipinski definition) is 2. The minimum atomic E-state index is -0.606. The zero-order valence-electron chi connectivity index (χ0n) is 11.4. The number of amides is 2. The van der Waals surface area contributed by atoms with E-state index in [0.29, 0.717) is 5.92 Å². The van der Waals surface area contributed by atoms with Crippen LogP contribution in [0.15, 0.2) is 29.4 Å². The summed E-state index contributed by atoms with van der Waals surface area (Å²) in [6.45, 7) is 1.92. The summed E-state index contributed by atoms with van der Waals surface area (Å²) in [5.74, 6) is 0.716. The quantitative estimate of drug-likeness (QED) is 0.633. The van der Waals surface area contributed by atoms with E-state index in [-0.39, 0.29) is 0 Å². The van der Waals surface area contributed by atoms with Crippen molar-refractivity contribution in [2.24, 2.45) is 16.8 Å². The maximum Gasteiger partial charge on any atom is 0.332 e. The molecule has 0 bridgehead atoms. The van der Waals surface area contributed by atoms with Crippen LogP contribution >= 0.6 is 0 Å². The molecule has 2 amide bonds. The van der Waals surface area contributed by atoms with Crippen molar-refractivity contribution >= 4 is 11.7 Å². The summed E-state index contributed by atoms with van der Waals surface area (Å²) < 4.78 is 0. The molecule has 1 aliphatic rings. The molecular formula is C15H21N3O. The van der Waals surface area contributed by atoms with E-state index in [0.717, 1.165) is 25.0 Å². The van der Waals surface area contributed by atoms with Crippen molar-refractivity contribution in [2.75, 3.05) is 0 Å². The van der Waals surface area contributed by atoms with Crippen LogP contribution in [0.2, 0.25) is 0 Å². The van der Waals surface area contributed by atoms with E-state index < -0.39 is 6.03 Å². The third-order valence-corrected chi connectivity index (χ3v) is 3.72. The molecule has 0 radical (unpaired) electrons. The van der Waals surface area contributed by atoms with Crippen LogP contribution in [0.1, 0.15) is 37.3 Å². The van der Waals surface area contributed by atoms with Crippen molar-refractivity contribution in [1.82, 2.24) is 5.43 Å². The molecule has 1 aliphatic carbocycles. The Hall–Kier alpha value is -1.84. The first-order valence-electron chi connectivity index (χ1n) is 6.80. The van der Waals surface area contributed by atoms with Gasteiger partial charge >= 0.3 is 6.03 Å². The van der Waals surface area contributed by atoms with Crippen LogP contribution in [0.25, 0.3) is 0 Å². The predicted octanol–water partition coefficient (Wildman–Crippen LogP) is 2.62. The second kappa shape index (κ2) is 6.36. The Morgan fingerprint density at radius 3 is 2.89 bits per heavy atom. The molecule has 3 N–H and O–H groups in total. The number of benzene rings is 1. The molecule has 0 saturated heterocycles. The highest BCUT2D eigenvalue weighted by Gasteiger charge is 2.17. The Labute approximate surface area is 114 Å². The number of fused-ring (bicyclic) bond motifs is 1. The number of primary amides is 1. The van der Waals surface area contributed by atoms with Gasteiger partial charge in [0.2, 0.25) is 0 Å². The van der Waals surface area contributed by atoms with Gasteiger partial charge in [-0.25, -0.2) is 10.2 Å². The molecule has 1 atom stereocenters. The topological polar surface area (TPSA) is 67.5 Å². The standard InChI is InChI=1S/C15H21N3O/c1-11(17-18-15(16)19)6-7-12-8-9-13-4-2-3-5-14(13)10-12/h2-5,12H,6-10H2,1H3,(H3,16,18,19). The van der Waals surface area contributed by atoms with E-state index in [1.54, 1.807) is 0 Å². The van der Waals surface area contributed by atoms with E-state index in [1.165, 1.54) is 24.0 Å². The molecule has 1 aromatic rings. The Balaban J connectivity index is 1.82. The maximum absolute atomic E-state index is 10.6. The van der Waals surface area contributed by atoms with Crippen LogP contribution in [0, 0.1) is 5.92 Å². The van der Waals surface area contributed by atoms with Crippen molar-refractivity contribution in [1.29, 1.82) is 0 Å². The van der Waals surface area contributed by atoms with E-state index in [9.17, 15) is 4.79 Å². The van der Waals surface area contributed by atoms with E-state index >= 15 is 0 Å². The van der Waals surface area contributed by atoms with Crippen LogP contribution in [0.4, 0.5) is 4.79 Å². The number of hydrogen-bond acceptors (Lipinski definition) is 2. The molecule has 2 rings (SSSR count). The predicted molar refractivity (Wildman–Crippen MR) is 77.0 cm³/mol. The van der Waals surface area contributed by atoms with E-state index in [2.05, 4.69) is 34.8 Å². The van der Waals surface area contributed by atoms with Crippen molar-refractivity contribution in [3.05, 3.63) is 35.4 Å². The van der Waals surface area contributed by atoms with Crippen LogP contribution in [0.3, 0.4) is 0 Å². The fraction of sp³-hybridized carbons (Fsp3) is 0.467. The first-order valence-corrected chi connectivity index (χ1v) is 6.80. The number of carbonyl (C=O) groups is 1. The van der Waals surface area contributed by atoms with Gasteiger partial charge in [-0.3, -0.25) is 0 Å². The van der Waals surface area contributed by atoms with Gasteiger partial charge in [0.1, 0.15) is 0 Å². The molecule has 0 spiro atoms. The van der Waals surface area contributed by atoms with Gasteiger partial charge < -0.3 is 5.73 Å². The molecular weight excluding hydrogens is 238 g/mol. The molecule has 102 valence electrons. The smallest absolute Gasteiger partial charge is 0.332 e. The van der Waals surface area contributed by atoms with Crippen LogP contribution in [-0.2, 0) is 12.8 Å². The number of nitrogens with zero attached hydrogens (tertiary/aromatic N) is 1. The monoisotopic (exact) mass is 259 g/mol. The highest BCUT2D eigenvalue weighted by atomic mass is 16.2. The van der Waals surface area contributed by atoms with Gasteiger partial charge in [0, 0.05) is 5.71 Å². The summed E-state index contributed by atoms with van der Waals surface area (Å²) in [5, 5.41) is 3.94. The first kappa shape index (κ1) is 13.6. The number of nitrogens with one attached hydrogen (secondary N) is 1. The highest BCUT2D eigenvalue weighted by molar-refractivity contribution is 5.83. The van der Waals surface area contributed by atoms with Crippen LogP contribution in [0.5, 0.6) is 0 Å². The van der Waals surface area contributed by atoms with Crippen LogP contribution in [-0.4, -0.2) is 11.7 Å². The van der Waals surface area contributed by atoms with Gasteiger partial charge in [-0.1, -0.05) is 24.3 Å². The third-order valence-electron chi connectivity index (χ3n) is 3.72. The normalized spacial score (nSPS) is 18.8. The SMILES string of the molecule is CC(CCC1CCc2ccccc2C1)=NNC(N)=O. The summed E-state index contributed by atoms with van der Waals surface area (Å²) in [6.07, 6.45) is 5.61. The van der Waals surface area contributed by atoms with Gasteiger partial charge in [0.15, 0.2) is 0 Å². The second-order valence-corrected chi connectivity index (χ2v) is 5.24. The maximum atomic E-state index is 10.6. The number of urea groups is 1. The van der Waals surface area contributed by atoms with Crippen molar-refractivity contribution in [3.8, 4) is 0 Å². The van der Waals surface area contributed by atoms with Crippen molar-refractivity contribution < 1.29 is 4.79 Å². The fourth-order valence-electron chi connectivity index (χ4n) is 2.64. The highest BCUT2D eigenvalue weighted by Crippen LogP contribution is 2.28. The Morgan fingerprint density at radius 2 is 2.16 bits per heavy atom. The Bertz CT molecular complexity index is 482. The molecule has 0 heterocycles. The average molecular weight is 259 g/mol. The van der Waals surface area contributed by atoms with Gasteiger partial charge in [0.25, 0.3) is 0 Å². The lowest BCUT2D eigenvalue weighted by atomic mass is 9.81. The summed E-state index contributed by atoms with van der Waals surface area (Å²) in [6, 6.07) is 8.09. The number of hydrazone groups is 1. The minimum absolute atomic E-state index is 0.606. The van der Waals surface area contributed by atoms with Gasteiger partial charge in [-0.2, -0.15) is 5.10 Å². The number of carbonyl (C=O) groups excluding carboxylic acids is 1. The molecule has 0 saturated carbocycles. The summed E-state index contributed by atoms with van der Waals surface area (Å²) >= 11 is 0. The third kappa shape index (κ3) is 4.09. The van der Waals surface area contributed by atoms with Gasteiger partial charge in [0.05, 0.1) is 0 Å². The number of nitrogens with two attached hydrogens (primary N) is 1. The molecule has 1 aromatic carbocycles. The number of aryl methyl sites for hydroxylation is 1. The fourth-order valence-corrected chi connectivity index (χ4v) is 2.64. The van der Waals surface area contributed by atoms with Crippen molar-refractivity contribution in [2.45, 2.75) is 39.0 Å². The molecule has 1 unspecified atom stereocenters. The minimum Gasteiger partial charge on any atom is -0.350 e.